The van der Waals surface area contributed by atoms with E-state index in [9.17, 15) is 0 Å². The summed E-state index contributed by atoms with van der Waals surface area (Å²) in [6, 6.07) is 11.9. The van der Waals surface area contributed by atoms with Crippen LogP contribution in [-0.4, -0.2) is 10.1 Å². The molecule has 0 aliphatic heterocycles. The number of aromatic hydroxyl groups is 1. The van der Waals surface area contributed by atoms with Crippen LogP contribution in [-0.2, 0) is 0 Å². The van der Waals surface area contributed by atoms with Gasteiger partial charge in [0.15, 0.2) is 0 Å². The minimum Gasteiger partial charge on any atom is -0.493 e. The van der Waals surface area contributed by atoms with Crippen molar-refractivity contribution in [3.63, 3.8) is 0 Å². The summed E-state index contributed by atoms with van der Waals surface area (Å²) in [5, 5.41) is 9.14. The maximum atomic E-state index is 9.14. The van der Waals surface area contributed by atoms with E-state index in [2.05, 4.69) is 43.1 Å². The van der Waals surface area contributed by atoms with Crippen LogP contribution in [0.25, 0.3) is 11.1 Å². The van der Waals surface area contributed by atoms with Crippen LogP contribution in [0.3, 0.4) is 0 Å². The lowest BCUT2D eigenvalue weighted by atomic mass is 9.98. The van der Waals surface area contributed by atoms with Crippen molar-refractivity contribution in [3.8, 4) is 17.0 Å². The molecule has 2 nitrogen and oxygen atoms in total. The van der Waals surface area contributed by atoms with E-state index in [1.807, 2.05) is 6.07 Å². The Kier molecular flexibility index (Phi) is 2.91. The predicted octanol–water partition coefficient (Wildman–Crippen LogP) is 3.58. The molecule has 0 atom stereocenters. The predicted molar refractivity (Wildman–Crippen MR) is 65.4 cm³/mol. The second-order valence-corrected chi connectivity index (χ2v) is 4.19. The van der Waals surface area contributed by atoms with E-state index in [1.54, 1.807) is 12.3 Å². The Bertz CT molecular complexity index is 474. The number of rotatable bonds is 2. The fraction of sp³-hybridized carbons (Fsp3) is 0.214. The molecule has 2 aromatic rings. The Morgan fingerprint density at radius 2 is 1.88 bits per heavy atom. The molecular weight excluding hydrogens is 198 g/mol. The fourth-order valence-electron chi connectivity index (χ4n) is 1.63. The van der Waals surface area contributed by atoms with Crippen molar-refractivity contribution in [1.82, 2.24) is 4.98 Å². The third-order valence-corrected chi connectivity index (χ3v) is 2.63. The molecule has 0 fully saturated rings. The molecule has 82 valence electrons. The molecule has 16 heavy (non-hydrogen) atoms. The van der Waals surface area contributed by atoms with E-state index in [0.717, 1.165) is 11.1 Å². The first-order valence-electron chi connectivity index (χ1n) is 5.42. The molecule has 0 unspecified atom stereocenters. The van der Waals surface area contributed by atoms with Gasteiger partial charge in [-0.1, -0.05) is 38.1 Å². The summed E-state index contributed by atoms with van der Waals surface area (Å²) >= 11 is 0. The average molecular weight is 213 g/mol. The van der Waals surface area contributed by atoms with Crippen molar-refractivity contribution < 1.29 is 5.11 Å². The van der Waals surface area contributed by atoms with Gasteiger partial charge in [0.05, 0.1) is 0 Å². The summed E-state index contributed by atoms with van der Waals surface area (Å²) in [6.07, 6.45) is 1.69. The first-order chi connectivity index (χ1) is 7.66. The summed E-state index contributed by atoms with van der Waals surface area (Å²) in [4.78, 5) is 3.89. The van der Waals surface area contributed by atoms with Crippen molar-refractivity contribution in [3.05, 3.63) is 48.2 Å². The first kappa shape index (κ1) is 10.7. The fourth-order valence-corrected chi connectivity index (χ4v) is 1.63. The Morgan fingerprint density at radius 1 is 1.06 bits per heavy atom. The molecule has 0 aliphatic rings. The van der Waals surface area contributed by atoms with Gasteiger partial charge in [0.1, 0.15) is 0 Å². The maximum Gasteiger partial charge on any atom is 0.210 e. The molecule has 1 heterocycles. The van der Waals surface area contributed by atoms with E-state index in [0.29, 0.717) is 5.92 Å². The summed E-state index contributed by atoms with van der Waals surface area (Å²) in [6.45, 7) is 4.35. The molecular formula is C14H15NO. The summed E-state index contributed by atoms with van der Waals surface area (Å²) < 4.78 is 0. The van der Waals surface area contributed by atoms with Gasteiger partial charge in [0, 0.05) is 17.8 Å². The van der Waals surface area contributed by atoms with E-state index < -0.39 is 0 Å². The topological polar surface area (TPSA) is 33.1 Å². The second kappa shape index (κ2) is 4.35. The maximum absolute atomic E-state index is 9.14. The highest BCUT2D eigenvalue weighted by Crippen LogP contribution is 2.24. The van der Waals surface area contributed by atoms with Gasteiger partial charge in [0.2, 0.25) is 5.88 Å². The molecule has 0 spiro atoms. The summed E-state index contributed by atoms with van der Waals surface area (Å²) in [5.74, 6) is 0.578. The van der Waals surface area contributed by atoms with E-state index in [1.165, 1.54) is 5.56 Å². The van der Waals surface area contributed by atoms with Gasteiger partial charge < -0.3 is 5.11 Å². The van der Waals surface area contributed by atoms with Crippen molar-refractivity contribution in [1.29, 1.82) is 0 Å². The summed E-state index contributed by atoms with van der Waals surface area (Å²) in [5.41, 5.74) is 3.48. The van der Waals surface area contributed by atoms with Crippen LogP contribution in [0, 0.1) is 0 Å². The average Bonchev–Trinajstić information content (AvgIpc) is 2.30. The molecule has 0 saturated carbocycles. The molecule has 1 aromatic heterocycles. The van der Waals surface area contributed by atoms with Gasteiger partial charge in [-0.3, -0.25) is 0 Å². The SMILES string of the molecule is CC(C)c1cccc(-c2ccc(O)nc2)c1. The van der Waals surface area contributed by atoms with Crippen molar-refractivity contribution in [2.75, 3.05) is 0 Å². The van der Waals surface area contributed by atoms with Crippen molar-refractivity contribution in [2.45, 2.75) is 19.8 Å². The zero-order valence-corrected chi connectivity index (χ0v) is 9.51. The van der Waals surface area contributed by atoms with Crippen LogP contribution >= 0.6 is 0 Å². The van der Waals surface area contributed by atoms with E-state index >= 15 is 0 Å². The number of benzene rings is 1. The highest BCUT2D eigenvalue weighted by molar-refractivity contribution is 5.63. The highest BCUT2D eigenvalue weighted by Gasteiger charge is 2.02. The molecule has 0 bridgehead atoms. The number of nitrogens with zero attached hydrogens (tertiary/aromatic N) is 1. The van der Waals surface area contributed by atoms with Gasteiger partial charge in [-0.25, -0.2) is 4.98 Å². The molecule has 2 rings (SSSR count). The molecule has 0 radical (unpaired) electrons. The van der Waals surface area contributed by atoms with Crippen molar-refractivity contribution in [2.24, 2.45) is 0 Å². The minimum atomic E-state index is 0.0590. The van der Waals surface area contributed by atoms with Crippen molar-refractivity contribution >= 4 is 0 Å². The Balaban J connectivity index is 2.40. The van der Waals surface area contributed by atoms with Gasteiger partial charge >= 0.3 is 0 Å². The minimum absolute atomic E-state index is 0.0590. The quantitative estimate of drug-likeness (QED) is 0.827. The zero-order valence-electron chi connectivity index (χ0n) is 9.51. The van der Waals surface area contributed by atoms with Crippen LogP contribution in [0.2, 0.25) is 0 Å². The molecule has 0 aliphatic carbocycles. The van der Waals surface area contributed by atoms with Crippen LogP contribution in [0.4, 0.5) is 0 Å². The normalized spacial score (nSPS) is 10.7. The van der Waals surface area contributed by atoms with E-state index in [-0.39, 0.29) is 5.88 Å². The third-order valence-electron chi connectivity index (χ3n) is 2.63. The van der Waals surface area contributed by atoms with Crippen LogP contribution in [0.5, 0.6) is 5.88 Å². The van der Waals surface area contributed by atoms with Gasteiger partial charge in [-0.05, 0) is 23.1 Å². The second-order valence-electron chi connectivity index (χ2n) is 4.19. The molecule has 1 aromatic carbocycles. The zero-order chi connectivity index (χ0) is 11.5. The largest absolute Gasteiger partial charge is 0.493 e. The smallest absolute Gasteiger partial charge is 0.210 e. The van der Waals surface area contributed by atoms with Crippen LogP contribution in [0.1, 0.15) is 25.3 Å². The molecule has 1 N–H and O–H groups in total. The first-order valence-corrected chi connectivity index (χ1v) is 5.42. The third kappa shape index (κ3) is 2.22. The van der Waals surface area contributed by atoms with Gasteiger partial charge in [0.25, 0.3) is 0 Å². The van der Waals surface area contributed by atoms with Gasteiger partial charge in [-0.2, -0.15) is 0 Å². The van der Waals surface area contributed by atoms with Crippen LogP contribution < -0.4 is 0 Å². The Hall–Kier alpha value is -1.83. The lowest BCUT2D eigenvalue weighted by molar-refractivity contribution is 0.453. The van der Waals surface area contributed by atoms with Crippen LogP contribution in [0.15, 0.2) is 42.6 Å². The Morgan fingerprint density at radius 3 is 2.50 bits per heavy atom. The molecule has 0 saturated heterocycles. The lowest BCUT2D eigenvalue weighted by Gasteiger charge is -2.08. The lowest BCUT2D eigenvalue weighted by Crippen LogP contribution is -1.88. The van der Waals surface area contributed by atoms with E-state index in [4.69, 9.17) is 5.11 Å². The van der Waals surface area contributed by atoms with Gasteiger partial charge in [-0.15, -0.1) is 0 Å². The molecule has 2 heteroatoms. The monoisotopic (exact) mass is 213 g/mol. The Labute approximate surface area is 95.6 Å². The summed E-state index contributed by atoms with van der Waals surface area (Å²) in [7, 11) is 0. The number of hydrogen-bond acceptors (Lipinski definition) is 2. The number of hydrogen-bond donors (Lipinski definition) is 1. The number of pyridine rings is 1. The highest BCUT2D eigenvalue weighted by atomic mass is 16.3. The molecule has 0 amide bonds. The number of aromatic nitrogens is 1. The standard InChI is InChI=1S/C14H15NO/c1-10(2)11-4-3-5-12(8-11)13-6-7-14(16)15-9-13/h3-10H,1-2H3,(H,15,16).